The maximum absolute atomic E-state index is 12.9. The minimum Gasteiger partial charge on any atom is -0.496 e. The van der Waals surface area contributed by atoms with E-state index >= 15 is 0 Å². The molecule has 3 N–H and O–H groups in total. The number of para-hydroxylation sites is 1. The zero-order valence-electron chi connectivity index (χ0n) is 21.3. The highest BCUT2D eigenvalue weighted by Crippen LogP contribution is 2.51. The van der Waals surface area contributed by atoms with Crippen LogP contribution in [0.5, 0.6) is 5.75 Å². The number of nitrogens with zero attached hydrogens (tertiary/aromatic N) is 2. The first-order chi connectivity index (χ1) is 18.8. The van der Waals surface area contributed by atoms with Crippen molar-refractivity contribution in [3.8, 4) is 11.8 Å². The van der Waals surface area contributed by atoms with Crippen molar-refractivity contribution in [1.82, 2.24) is 4.90 Å². The Kier molecular flexibility index (Phi) is 8.79. The van der Waals surface area contributed by atoms with E-state index in [4.69, 9.17) is 15.6 Å². The highest BCUT2D eigenvalue weighted by Gasteiger charge is 2.39. The van der Waals surface area contributed by atoms with Gasteiger partial charge in [0.15, 0.2) is 0 Å². The molecule has 1 atom stereocenters. The van der Waals surface area contributed by atoms with Gasteiger partial charge in [-0.2, -0.15) is 5.26 Å². The van der Waals surface area contributed by atoms with Crippen molar-refractivity contribution in [2.24, 2.45) is 5.73 Å². The maximum atomic E-state index is 12.9. The SMILES string of the molecule is COc1ccccc1C1=C(C)N(C(N)=O)C(SCc2ccc(CC(=O)O)cc2)=C(C#N)C1c1ccccc1Br. The van der Waals surface area contributed by atoms with Crippen LogP contribution in [0.1, 0.15) is 35.1 Å². The lowest BCUT2D eigenvalue weighted by atomic mass is 9.78. The normalized spacial score (nSPS) is 15.2. The van der Waals surface area contributed by atoms with Crippen molar-refractivity contribution in [1.29, 1.82) is 5.26 Å². The molecular formula is C30H26BrN3O4S. The van der Waals surface area contributed by atoms with Crippen LogP contribution < -0.4 is 10.5 Å². The van der Waals surface area contributed by atoms with Gasteiger partial charge in [-0.05, 0) is 41.3 Å². The van der Waals surface area contributed by atoms with E-state index in [0.29, 0.717) is 33.4 Å². The Hall–Kier alpha value is -4.00. The first-order valence-corrected chi connectivity index (χ1v) is 13.8. The second-order valence-electron chi connectivity index (χ2n) is 8.83. The van der Waals surface area contributed by atoms with Crippen molar-refractivity contribution >= 4 is 45.3 Å². The number of carbonyl (C=O) groups is 2. The molecule has 3 aromatic carbocycles. The van der Waals surface area contributed by atoms with Gasteiger partial charge in [-0.25, -0.2) is 4.79 Å². The first-order valence-electron chi connectivity index (χ1n) is 12.0. The van der Waals surface area contributed by atoms with E-state index in [1.54, 1.807) is 19.2 Å². The molecule has 0 spiro atoms. The van der Waals surface area contributed by atoms with E-state index in [1.165, 1.54) is 16.7 Å². The van der Waals surface area contributed by atoms with Crippen LogP contribution in [0.3, 0.4) is 0 Å². The molecule has 1 heterocycles. The van der Waals surface area contributed by atoms with Gasteiger partial charge in [-0.15, -0.1) is 11.8 Å². The van der Waals surface area contributed by atoms with Crippen molar-refractivity contribution in [3.05, 3.63) is 116 Å². The van der Waals surface area contributed by atoms with E-state index in [2.05, 4.69) is 22.0 Å². The number of methoxy groups -OCH3 is 1. The minimum absolute atomic E-state index is 0.0596. The average Bonchev–Trinajstić information content (AvgIpc) is 2.92. The highest BCUT2D eigenvalue weighted by atomic mass is 79.9. The predicted octanol–water partition coefficient (Wildman–Crippen LogP) is 6.66. The van der Waals surface area contributed by atoms with Gasteiger partial charge in [0.1, 0.15) is 5.75 Å². The van der Waals surface area contributed by atoms with Gasteiger partial charge < -0.3 is 15.6 Å². The first kappa shape index (κ1) is 28.0. The molecule has 7 nitrogen and oxygen atoms in total. The molecule has 0 saturated carbocycles. The fourth-order valence-corrected chi connectivity index (χ4v) is 6.39. The second kappa shape index (κ2) is 12.2. The Balaban J connectivity index is 1.87. The number of halogens is 1. The maximum Gasteiger partial charge on any atom is 0.324 e. The number of carboxylic acids is 1. The van der Waals surface area contributed by atoms with Gasteiger partial charge in [0.05, 0.1) is 36.1 Å². The average molecular weight is 605 g/mol. The number of ether oxygens (including phenoxy) is 1. The number of allylic oxidation sites excluding steroid dienone is 3. The van der Waals surface area contributed by atoms with Gasteiger partial charge >= 0.3 is 12.0 Å². The van der Waals surface area contributed by atoms with Gasteiger partial charge in [0.2, 0.25) is 0 Å². The topological polar surface area (TPSA) is 117 Å². The second-order valence-corrected chi connectivity index (χ2v) is 10.7. The molecular weight excluding hydrogens is 578 g/mol. The van der Waals surface area contributed by atoms with Crippen LogP contribution >= 0.6 is 27.7 Å². The quantitative estimate of drug-likeness (QED) is 0.297. The Morgan fingerprint density at radius 2 is 1.72 bits per heavy atom. The summed E-state index contributed by atoms with van der Waals surface area (Å²) in [5.74, 6) is -0.343. The molecule has 4 rings (SSSR count). The molecule has 2 amide bonds. The minimum atomic E-state index is -0.897. The number of benzene rings is 3. The molecule has 0 bridgehead atoms. The molecule has 0 aromatic heterocycles. The van der Waals surface area contributed by atoms with Gasteiger partial charge in [-0.1, -0.05) is 76.6 Å². The molecule has 9 heteroatoms. The molecule has 3 aromatic rings. The van der Waals surface area contributed by atoms with Crippen molar-refractivity contribution in [3.63, 3.8) is 0 Å². The zero-order valence-corrected chi connectivity index (χ0v) is 23.8. The zero-order chi connectivity index (χ0) is 28.1. The van der Waals surface area contributed by atoms with Crippen LogP contribution in [-0.2, 0) is 17.0 Å². The molecule has 0 fully saturated rings. The number of hydrogen-bond donors (Lipinski definition) is 2. The number of aliphatic carboxylic acids is 1. The number of thioether (sulfide) groups is 1. The lowest BCUT2D eigenvalue weighted by Gasteiger charge is -2.37. The van der Waals surface area contributed by atoms with Crippen molar-refractivity contribution in [2.75, 3.05) is 7.11 Å². The lowest BCUT2D eigenvalue weighted by molar-refractivity contribution is -0.136. The third-order valence-corrected chi connectivity index (χ3v) is 8.32. The summed E-state index contributed by atoms with van der Waals surface area (Å²) in [5, 5.41) is 20.1. The molecule has 1 aliphatic rings. The summed E-state index contributed by atoms with van der Waals surface area (Å²) < 4.78 is 6.50. The molecule has 1 unspecified atom stereocenters. The summed E-state index contributed by atoms with van der Waals surface area (Å²) in [6.07, 6.45) is -0.0596. The predicted molar refractivity (Wildman–Crippen MR) is 156 cm³/mol. The number of primary amides is 1. The standard InChI is InChI=1S/C30H26BrN3O4S/c1-18-27(22-8-4-6-10-25(22)38-2)28(21-7-3-5-9-24(21)31)23(16-32)29(34(18)30(33)37)39-17-20-13-11-19(12-14-20)15-26(35)36/h3-14,28H,15,17H2,1-2H3,(H2,33,37)(H,35,36). The Labute approximate surface area is 239 Å². The summed E-state index contributed by atoms with van der Waals surface area (Å²) in [6.45, 7) is 1.83. The fourth-order valence-electron chi connectivity index (χ4n) is 4.71. The third kappa shape index (κ3) is 5.87. The summed E-state index contributed by atoms with van der Waals surface area (Å²) in [6, 6.07) is 24.1. The smallest absolute Gasteiger partial charge is 0.324 e. The van der Waals surface area contributed by atoms with Crippen LogP contribution in [0.25, 0.3) is 5.57 Å². The van der Waals surface area contributed by atoms with E-state index in [-0.39, 0.29) is 6.42 Å². The largest absolute Gasteiger partial charge is 0.496 e. The number of amides is 2. The third-order valence-electron chi connectivity index (χ3n) is 6.44. The number of rotatable bonds is 8. The molecule has 0 saturated heterocycles. The van der Waals surface area contributed by atoms with Crippen LogP contribution in [-0.4, -0.2) is 29.1 Å². The Morgan fingerprint density at radius 1 is 1.08 bits per heavy atom. The summed E-state index contributed by atoms with van der Waals surface area (Å²) >= 11 is 5.01. The lowest BCUT2D eigenvalue weighted by Crippen LogP contribution is -2.37. The Morgan fingerprint density at radius 3 is 2.33 bits per heavy atom. The number of nitrogens with two attached hydrogens (primary N) is 1. The number of urea groups is 1. The molecule has 39 heavy (non-hydrogen) atoms. The summed E-state index contributed by atoms with van der Waals surface area (Å²) in [4.78, 5) is 25.3. The molecule has 0 radical (unpaired) electrons. The molecule has 198 valence electrons. The van der Waals surface area contributed by atoms with Gasteiger partial charge in [0.25, 0.3) is 0 Å². The van der Waals surface area contributed by atoms with Gasteiger partial charge in [0, 0.05) is 21.5 Å². The Bertz CT molecular complexity index is 1530. The van der Waals surface area contributed by atoms with Gasteiger partial charge in [-0.3, -0.25) is 9.69 Å². The van der Waals surface area contributed by atoms with Crippen LogP contribution in [0.4, 0.5) is 4.79 Å². The summed E-state index contributed by atoms with van der Waals surface area (Å²) in [5.41, 5.74) is 10.9. The van der Waals surface area contributed by atoms with E-state index < -0.39 is 17.9 Å². The molecule has 1 aliphatic heterocycles. The van der Waals surface area contributed by atoms with Crippen LogP contribution in [0, 0.1) is 11.3 Å². The van der Waals surface area contributed by atoms with E-state index in [0.717, 1.165) is 26.7 Å². The van der Waals surface area contributed by atoms with Crippen molar-refractivity contribution in [2.45, 2.75) is 25.0 Å². The van der Waals surface area contributed by atoms with E-state index in [9.17, 15) is 14.9 Å². The number of hydrogen-bond acceptors (Lipinski definition) is 5. The highest BCUT2D eigenvalue weighted by molar-refractivity contribution is 9.10. The fraction of sp³-hybridized carbons (Fsp3) is 0.167. The van der Waals surface area contributed by atoms with Crippen molar-refractivity contribution < 1.29 is 19.4 Å². The van der Waals surface area contributed by atoms with E-state index in [1.807, 2.05) is 67.6 Å². The number of carbonyl (C=O) groups excluding carboxylic acids is 1. The van der Waals surface area contributed by atoms with Crippen LogP contribution in [0.15, 0.2) is 93.6 Å². The van der Waals surface area contributed by atoms with Crippen LogP contribution in [0.2, 0.25) is 0 Å². The summed E-state index contributed by atoms with van der Waals surface area (Å²) in [7, 11) is 1.58. The monoisotopic (exact) mass is 603 g/mol. The molecule has 0 aliphatic carbocycles. The number of carboxylic acid groups (broad SMARTS) is 1. The number of nitriles is 1.